The van der Waals surface area contributed by atoms with Crippen molar-refractivity contribution < 1.29 is 19.4 Å². The maximum atomic E-state index is 11.2. The van der Waals surface area contributed by atoms with Gasteiger partial charge in [0, 0.05) is 6.04 Å². The van der Waals surface area contributed by atoms with Crippen LogP contribution in [-0.4, -0.2) is 29.8 Å². The normalized spacial score (nSPS) is 23.5. The monoisotopic (exact) mass is 225 g/mol. The second kappa shape index (κ2) is 5.95. The predicted molar refractivity (Wildman–Crippen MR) is 58.0 cm³/mol. The van der Waals surface area contributed by atoms with Gasteiger partial charge in [0.1, 0.15) is 6.61 Å². The van der Waals surface area contributed by atoms with Crippen LogP contribution in [0, 0.1) is 5.92 Å². The minimum atomic E-state index is -0.873. The molecule has 0 saturated carbocycles. The van der Waals surface area contributed by atoms with Gasteiger partial charge in [-0.3, -0.25) is 4.79 Å². The van der Waals surface area contributed by atoms with Gasteiger partial charge >= 0.3 is 12.1 Å². The third-order valence-corrected chi connectivity index (χ3v) is 2.30. The quantitative estimate of drug-likeness (QED) is 0.707. The lowest BCUT2D eigenvalue weighted by Crippen LogP contribution is -2.38. The summed E-state index contributed by atoms with van der Waals surface area (Å²) in [5.41, 5.74) is 0. The van der Waals surface area contributed by atoms with Crippen molar-refractivity contribution in [1.82, 2.24) is 5.32 Å². The van der Waals surface area contributed by atoms with Crippen LogP contribution in [0.2, 0.25) is 0 Å². The summed E-state index contributed by atoms with van der Waals surface area (Å²) in [6, 6.07) is -0.177. The Kier molecular flexibility index (Phi) is 4.57. The second-order valence-corrected chi connectivity index (χ2v) is 3.57. The van der Waals surface area contributed by atoms with Crippen molar-refractivity contribution in [2.24, 2.45) is 5.92 Å². The molecule has 0 aromatic rings. The molecule has 0 aromatic carbocycles. The molecule has 1 amide bonds. The van der Waals surface area contributed by atoms with E-state index in [1.165, 1.54) is 6.08 Å². The van der Waals surface area contributed by atoms with Crippen LogP contribution in [0.1, 0.15) is 12.8 Å². The van der Waals surface area contributed by atoms with Gasteiger partial charge in [0.15, 0.2) is 0 Å². The van der Waals surface area contributed by atoms with Crippen LogP contribution in [0.25, 0.3) is 0 Å². The number of carboxylic acid groups (broad SMARTS) is 1. The fraction of sp³-hybridized carbons (Fsp3) is 0.455. The van der Waals surface area contributed by atoms with Crippen LogP contribution in [0.4, 0.5) is 4.79 Å². The highest BCUT2D eigenvalue weighted by Crippen LogP contribution is 2.18. The molecule has 5 nitrogen and oxygen atoms in total. The molecule has 2 atom stereocenters. The van der Waals surface area contributed by atoms with Crippen molar-refractivity contribution in [2.45, 2.75) is 18.9 Å². The van der Waals surface area contributed by atoms with E-state index in [-0.39, 0.29) is 12.6 Å². The van der Waals surface area contributed by atoms with Crippen LogP contribution >= 0.6 is 0 Å². The second-order valence-electron chi connectivity index (χ2n) is 3.57. The van der Waals surface area contributed by atoms with Gasteiger partial charge in [-0.15, -0.1) is 0 Å². The molecule has 5 heteroatoms. The van der Waals surface area contributed by atoms with Crippen molar-refractivity contribution in [1.29, 1.82) is 0 Å². The van der Waals surface area contributed by atoms with Crippen LogP contribution in [-0.2, 0) is 9.53 Å². The summed E-state index contributed by atoms with van der Waals surface area (Å²) in [4.78, 5) is 21.9. The Morgan fingerprint density at radius 3 is 3.00 bits per heavy atom. The predicted octanol–water partition coefficient (Wildman–Crippen LogP) is 1.32. The summed E-state index contributed by atoms with van der Waals surface area (Å²) in [6.45, 7) is 3.57. The maximum Gasteiger partial charge on any atom is 0.407 e. The molecule has 0 fully saturated rings. The van der Waals surface area contributed by atoms with Crippen LogP contribution in [0.15, 0.2) is 24.8 Å². The van der Waals surface area contributed by atoms with Gasteiger partial charge in [-0.25, -0.2) is 4.79 Å². The summed E-state index contributed by atoms with van der Waals surface area (Å²) in [5, 5.41) is 11.4. The van der Waals surface area contributed by atoms with E-state index in [1.54, 1.807) is 12.2 Å². The number of amides is 1. The minimum Gasteiger partial charge on any atom is -0.481 e. The van der Waals surface area contributed by atoms with Gasteiger partial charge in [-0.1, -0.05) is 24.8 Å². The lowest BCUT2D eigenvalue weighted by Gasteiger charge is -2.22. The van der Waals surface area contributed by atoms with Crippen molar-refractivity contribution in [3.8, 4) is 0 Å². The number of carbonyl (C=O) groups is 2. The fourth-order valence-electron chi connectivity index (χ4n) is 1.53. The molecular formula is C11H15NO4. The molecule has 0 saturated heterocycles. The van der Waals surface area contributed by atoms with Crippen molar-refractivity contribution in [3.05, 3.63) is 24.8 Å². The number of alkyl carbamates (subject to hydrolysis) is 1. The number of rotatable bonds is 4. The van der Waals surface area contributed by atoms with Crippen LogP contribution in [0.3, 0.4) is 0 Å². The standard InChI is InChI=1S/C11H15NO4/c1-2-6-16-11(15)12-9-5-3-4-8(7-9)10(13)14/h2-4,8-9H,1,5-7H2,(H,12,15)(H,13,14)/t8-,9+/m1/s1. The zero-order chi connectivity index (χ0) is 12.0. The molecule has 0 spiro atoms. The molecule has 0 radical (unpaired) electrons. The van der Waals surface area contributed by atoms with E-state index in [9.17, 15) is 9.59 Å². The molecule has 88 valence electrons. The summed E-state index contributed by atoms with van der Waals surface area (Å²) < 4.78 is 4.75. The first-order valence-electron chi connectivity index (χ1n) is 5.07. The SMILES string of the molecule is C=CCOC(=O)N[C@H]1CC=C[C@@H](C(=O)O)C1. The Labute approximate surface area is 93.8 Å². The van der Waals surface area contributed by atoms with Gasteiger partial charge in [0.2, 0.25) is 0 Å². The molecule has 0 bridgehead atoms. The van der Waals surface area contributed by atoms with Crippen molar-refractivity contribution >= 4 is 12.1 Å². The molecule has 1 aliphatic carbocycles. The zero-order valence-corrected chi connectivity index (χ0v) is 8.89. The fourth-order valence-corrected chi connectivity index (χ4v) is 1.53. The Bertz CT molecular complexity index is 311. The minimum absolute atomic E-state index is 0.150. The third kappa shape index (κ3) is 3.76. The van der Waals surface area contributed by atoms with E-state index in [0.717, 1.165) is 0 Å². The van der Waals surface area contributed by atoms with Gasteiger partial charge in [0.05, 0.1) is 5.92 Å². The molecule has 2 N–H and O–H groups in total. The number of carbonyl (C=O) groups excluding carboxylic acids is 1. The molecule has 0 heterocycles. The largest absolute Gasteiger partial charge is 0.481 e. The van der Waals surface area contributed by atoms with E-state index in [2.05, 4.69) is 11.9 Å². The van der Waals surface area contributed by atoms with E-state index < -0.39 is 18.0 Å². The molecule has 0 unspecified atom stereocenters. The van der Waals surface area contributed by atoms with E-state index in [0.29, 0.717) is 12.8 Å². The first kappa shape index (κ1) is 12.3. The summed E-state index contributed by atoms with van der Waals surface area (Å²) in [7, 11) is 0. The Morgan fingerprint density at radius 1 is 1.62 bits per heavy atom. The molecule has 0 aromatic heterocycles. The lowest BCUT2D eigenvalue weighted by atomic mass is 9.92. The number of hydrogen-bond donors (Lipinski definition) is 2. The number of hydrogen-bond acceptors (Lipinski definition) is 3. The molecular weight excluding hydrogens is 210 g/mol. The summed E-state index contributed by atoms with van der Waals surface area (Å²) >= 11 is 0. The Hall–Kier alpha value is -1.78. The first-order chi connectivity index (χ1) is 7.63. The van der Waals surface area contributed by atoms with Gasteiger partial charge < -0.3 is 15.2 Å². The Morgan fingerprint density at radius 2 is 2.38 bits per heavy atom. The third-order valence-electron chi connectivity index (χ3n) is 2.30. The van der Waals surface area contributed by atoms with Crippen LogP contribution in [0.5, 0.6) is 0 Å². The van der Waals surface area contributed by atoms with Crippen molar-refractivity contribution in [3.63, 3.8) is 0 Å². The molecule has 0 aliphatic heterocycles. The first-order valence-corrected chi connectivity index (χ1v) is 5.07. The molecule has 1 aliphatic rings. The summed E-state index contributed by atoms with van der Waals surface area (Å²) in [6.07, 6.45) is 5.38. The lowest BCUT2D eigenvalue weighted by molar-refractivity contribution is -0.140. The number of nitrogens with one attached hydrogen (secondary N) is 1. The smallest absolute Gasteiger partial charge is 0.407 e. The van der Waals surface area contributed by atoms with Gasteiger partial charge in [-0.2, -0.15) is 0 Å². The number of aliphatic carboxylic acids is 1. The molecule has 1 rings (SSSR count). The summed E-state index contributed by atoms with van der Waals surface area (Å²) in [5.74, 6) is -1.40. The van der Waals surface area contributed by atoms with E-state index in [4.69, 9.17) is 9.84 Å². The highest BCUT2D eigenvalue weighted by Gasteiger charge is 2.24. The van der Waals surface area contributed by atoms with Gasteiger partial charge in [-0.05, 0) is 12.8 Å². The highest BCUT2D eigenvalue weighted by molar-refractivity contribution is 5.73. The van der Waals surface area contributed by atoms with Crippen LogP contribution < -0.4 is 5.32 Å². The van der Waals surface area contributed by atoms with E-state index in [1.807, 2.05) is 0 Å². The van der Waals surface area contributed by atoms with Gasteiger partial charge in [0.25, 0.3) is 0 Å². The molecule has 16 heavy (non-hydrogen) atoms. The number of ether oxygens (including phenoxy) is 1. The van der Waals surface area contributed by atoms with E-state index >= 15 is 0 Å². The average Bonchev–Trinajstić information content (AvgIpc) is 2.26. The average molecular weight is 225 g/mol. The zero-order valence-electron chi connectivity index (χ0n) is 8.89. The topological polar surface area (TPSA) is 75.6 Å². The van der Waals surface area contributed by atoms with Crippen molar-refractivity contribution in [2.75, 3.05) is 6.61 Å². The highest BCUT2D eigenvalue weighted by atomic mass is 16.5. The Balaban J connectivity index is 2.39. The maximum absolute atomic E-state index is 11.2. The number of carboxylic acids is 1.